The topological polar surface area (TPSA) is 61.8 Å². The highest BCUT2D eigenvalue weighted by molar-refractivity contribution is 5.74. The maximum Gasteiger partial charge on any atom is 0.317 e. The van der Waals surface area contributed by atoms with Gasteiger partial charge in [-0.3, -0.25) is 0 Å². The van der Waals surface area contributed by atoms with Crippen LogP contribution in [0.1, 0.15) is 25.8 Å². The van der Waals surface area contributed by atoms with Gasteiger partial charge in [-0.15, -0.1) is 0 Å². The Hall–Kier alpha value is -1.75. The van der Waals surface area contributed by atoms with E-state index < -0.39 is 0 Å². The number of rotatable bonds is 8. The lowest BCUT2D eigenvalue weighted by atomic mass is 10.2. The largest absolute Gasteiger partial charge is 0.494 e. The van der Waals surface area contributed by atoms with Crippen molar-refractivity contribution in [1.29, 1.82) is 0 Å². The number of ether oxygens (including phenoxy) is 1. The van der Waals surface area contributed by atoms with Gasteiger partial charge in [0.1, 0.15) is 5.75 Å². The highest BCUT2D eigenvalue weighted by atomic mass is 16.5. The van der Waals surface area contributed by atoms with Crippen LogP contribution in [0.3, 0.4) is 0 Å². The molecule has 0 aliphatic heterocycles. The number of nitrogens with one attached hydrogen (secondary N) is 1. The van der Waals surface area contributed by atoms with Crippen molar-refractivity contribution in [3.63, 3.8) is 0 Å². The molecule has 2 amide bonds. The quantitative estimate of drug-likeness (QED) is 0.765. The van der Waals surface area contributed by atoms with Crippen LogP contribution in [0.2, 0.25) is 0 Å². The molecule has 0 bridgehead atoms. The Morgan fingerprint density at radius 2 is 2.00 bits per heavy atom. The maximum atomic E-state index is 11.8. The molecule has 0 atom stereocenters. The second kappa shape index (κ2) is 9.20. The van der Waals surface area contributed by atoms with E-state index >= 15 is 0 Å². The summed E-state index contributed by atoms with van der Waals surface area (Å²) in [5.74, 6) is 0.845. The maximum absolute atomic E-state index is 11.8. The lowest BCUT2D eigenvalue weighted by Gasteiger charge is -2.20. The van der Waals surface area contributed by atoms with E-state index in [4.69, 9.17) is 9.84 Å². The molecule has 0 fully saturated rings. The summed E-state index contributed by atoms with van der Waals surface area (Å²) < 4.78 is 5.50. The lowest BCUT2D eigenvalue weighted by Crippen LogP contribution is -2.40. The first-order valence-electron chi connectivity index (χ1n) is 7.06. The Balaban J connectivity index is 2.42. The van der Waals surface area contributed by atoms with Crippen LogP contribution in [0.15, 0.2) is 24.3 Å². The minimum atomic E-state index is -0.159. The first-order chi connectivity index (χ1) is 9.71. The summed E-state index contributed by atoms with van der Waals surface area (Å²) in [5, 5.41) is 11.7. The number of carbonyl (C=O) groups excluding carboxylic acids is 1. The molecule has 2 N–H and O–H groups in total. The average Bonchev–Trinajstić information content (AvgIpc) is 2.49. The van der Waals surface area contributed by atoms with Gasteiger partial charge in [0.25, 0.3) is 0 Å². The fourth-order valence-corrected chi connectivity index (χ4v) is 1.74. The number of carbonyl (C=O) groups is 1. The summed E-state index contributed by atoms with van der Waals surface area (Å²) in [6.07, 6.45) is 0.982. The van der Waals surface area contributed by atoms with Crippen molar-refractivity contribution >= 4 is 6.03 Å². The van der Waals surface area contributed by atoms with Crippen LogP contribution in [0.25, 0.3) is 0 Å². The fourth-order valence-electron chi connectivity index (χ4n) is 1.74. The van der Waals surface area contributed by atoms with Crippen molar-refractivity contribution in [2.75, 3.05) is 26.3 Å². The number of benzene rings is 1. The SMILES string of the molecule is CCCOc1ccc(CNC(=O)N(CC)CCO)cc1. The van der Waals surface area contributed by atoms with Crippen molar-refractivity contribution in [3.05, 3.63) is 29.8 Å². The van der Waals surface area contributed by atoms with Crippen molar-refractivity contribution < 1.29 is 14.6 Å². The van der Waals surface area contributed by atoms with Crippen LogP contribution in [0.5, 0.6) is 5.75 Å². The highest BCUT2D eigenvalue weighted by Gasteiger charge is 2.09. The van der Waals surface area contributed by atoms with Gasteiger partial charge in [-0.05, 0) is 31.0 Å². The van der Waals surface area contributed by atoms with Crippen LogP contribution >= 0.6 is 0 Å². The Kier molecular flexibility index (Phi) is 7.50. The molecule has 20 heavy (non-hydrogen) atoms. The van der Waals surface area contributed by atoms with E-state index in [-0.39, 0.29) is 12.6 Å². The molecule has 0 aliphatic rings. The number of urea groups is 1. The predicted octanol–water partition coefficient (Wildman–Crippen LogP) is 2.00. The normalized spacial score (nSPS) is 10.2. The van der Waals surface area contributed by atoms with Crippen molar-refractivity contribution in [2.24, 2.45) is 0 Å². The smallest absolute Gasteiger partial charge is 0.317 e. The second-order valence-electron chi connectivity index (χ2n) is 4.45. The molecule has 0 aliphatic carbocycles. The molecule has 0 unspecified atom stereocenters. The molecule has 5 nitrogen and oxygen atoms in total. The van der Waals surface area contributed by atoms with Crippen LogP contribution in [-0.4, -0.2) is 42.3 Å². The third-order valence-corrected chi connectivity index (χ3v) is 2.88. The zero-order valence-corrected chi connectivity index (χ0v) is 12.3. The molecule has 0 saturated heterocycles. The summed E-state index contributed by atoms with van der Waals surface area (Å²) in [4.78, 5) is 13.4. The van der Waals surface area contributed by atoms with Crippen LogP contribution in [-0.2, 0) is 6.54 Å². The number of aliphatic hydroxyl groups excluding tert-OH is 1. The number of likely N-dealkylation sites (N-methyl/N-ethyl adjacent to an activating group) is 1. The van der Waals surface area contributed by atoms with Crippen LogP contribution in [0.4, 0.5) is 4.79 Å². The number of nitrogens with zero attached hydrogens (tertiary/aromatic N) is 1. The minimum absolute atomic E-state index is 0.0231. The second-order valence-corrected chi connectivity index (χ2v) is 4.45. The van der Waals surface area contributed by atoms with E-state index in [9.17, 15) is 4.79 Å². The summed E-state index contributed by atoms with van der Waals surface area (Å²) >= 11 is 0. The van der Waals surface area contributed by atoms with E-state index in [1.165, 1.54) is 0 Å². The molecule has 1 aromatic rings. The molecule has 112 valence electrons. The number of aliphatic hydroxyl groups is 1. The first kappa shape index (κ1) is 16.3. The summed E-state index contributed by atoms with van der Waals surface area (Å²) in [5.41, 5.74) is 1.02. The monoisotopic (exact) mass is 280 g/mol. The third kappa shape index (κ3) is 5.48. The zero-order chi connectivity index (χ0) is 14.8. The molecular formula is C15H24N2O3. The zero-order valence-electron chi connectivity index (χ0n) is 12.3. The lowest BCUT2D eigenvalue weighted by molar-refractivity contribution is 0.180. The van der Waals surface area contributed by atoms with Gasteiger partial charge in [0.2, 0.25) is 0 Å². The predicted molar refractivity (Wildman–Crippen MR) is 78.8 cm³/mol. The van der Waals surface area contributed by atoms with Gasteiger partial charge >= 0.3 is 6.03 Å². The molecule has 0 spiro atoms. The molecule has 0 radical (unpaired) electrons. The first-order valence-corrected chi connectivity index (χ1v) is 7.06. The molecule has 5 heteroatoms. The van der Waals surface area contributed by atoms with E-state index in [1.807, 2.05) is 31.2 Å². The Morgan fingerprint density at radius 3 is 2.55 bits per heavy atom. The van der Waals surface area contributed by atoms with E-state index in [2.05, 4.69) is 12.2 Å². The minimum Gasteiger partial charge on any atom is -0.494 e. The van der Waals surface area contributed by atoms with E-state index in [1.54, 1.807) is 4.90 Å². The summed E-state index contributed by atoms with van der Waals surface area (Å²) in [6.45, 7) is 6.04. The molecule has 0 aromatic heterocycles. The molecular weight excluding hydrogens is 256 g/mol. The third-order valence-electron chi connectivity index (χ3n) is 2.88. The molecule has 0 heterocycles. The summed E-state index contributed by atoms with van der Waals surface area (Å²) in [7, 11) is 0. The number of amides is 2. The van der Waals surface area contributed by atoms with Gasteiger partial charge in [-0.2, -0.15) is 0 Å². The molecule has 0 saturated carbocycles. The fraction of sp³-hybridized carbons (Fsp3) is 0.533. The van der Waals surface area contributed by atoms with Gasteiger partial charge in [-0.1, -0.05) is 19.1 Å². The Bertz CT molecular complexity index is 393. The number of hydrogen-bond donors (Lipinski definition) is 2. The van der Waals surface area contributed by atoms with Gasteiger partial charge in [0, 0.05) is 19.6 Å². The van der Waals surface area contributed by atoms with E-state index in [0.29, 0.717) is 26.2 Å². The van der Waals surface area contributed by atoms with Crippen LogP contribution in [0, 0.1) is 0 Å². The van der Waals surface area contributed by atoms with E-state index in [0.717, 1.165) is 17.7 Å². The number of hydrogen-bond acceptors (Lipinski definition) is 3. The molecule has 1 rings (SSSR count). The Labute approximate surface area is 120 Å². The van der Waals surface area contributed by atoms with Crippen molar-refractivity contribution in [2.45, 2.75) is 26.8 Å². The van der Waals surface area contributed by atoms with Crippen molar-refractivity contribution in [3.8, 4) is 5.75 Å². The van der Waals surface area contributed by atoms with Gasteiger partial charge in [0.15, 0.2) is 0 Å². The standard InChI is InChI=1S/C15H24N2O3/c1-3-11-20-14-7-5-13(6-8-14)12-16-15(19)17(4-2)9-10-18/h5-8,18H,3-4,9-12H2,1-2H3,(H,16,19). The van der Waals surface area contributed by atoms with Gasteiger partial charge in [0.05, 0.1) is 13.2 Å². The van der Waals surface area contributed by atoms with Gasteiger partial charge < -0.3 is 20.1 Å². The summed E-state index contributed by atoms with van der Waals surface area (Å²) in [6, 6.07) is 7.53. The molecule has 1 aromatic carbocycles. The van der Waals surface area contributed by atoms with Gasteiger partial charge in [-0.25, -0.2) is 4.79 Å². The average molecular weight is 280 g/mol. The van der Waals surface area contributed by atoms with Crippen molar-refractivity contribution in [1.82, 2.24) is 10.2 Å². The highest BCUT2D eigenvalue weighted by Crippen LogP contribution is 2.12. The van der Waals surface area contributed by atoms with Crippen LogP contribution < -0.4 is 10.1 Å². The Morgan fingerprint density at radius 1 is 1.30 bits per heavy atom.